The molecule has 2 amide bonds. The molecule has 0 atom stereocenters. The Morgan fingerprint density at radius 3 is 2.42 bits per heavy atom. The number of nitrogens with one attached hydrogen (secondary N) is 2. The molecule has 4 aromatic rings. The van der Waals surface area contributed by atoms with Gasteiger partial charge in [-0.2, -0.15) is 0 Å². The van der Waals surface area contributed by atoms with Gasteiger partial charge in [0.15, 0.2) is 0 Å². The average Bonchev–Trinajstić information content (AvgIpc) is 3.78. The van der Waals surface area contributed by atoms with Crippen LogP contribution in [0.4, 0.5) is 5.69 Å². The lowest BCUT2D eigenvalue weighted by molar-refractivity contribution is -0.131. The van der Waals surface area contributed by atoms with Crippen molar-refractivity contribution < 1.29 is 19.5 Å². The Morgan fingerprint density at radius 2 is 1.74 bits per heavy atom. The van der Waals surface area contributed by atoms with Crippen molar-refractivity contribution in [3.63, 3.8) is 0 Å². The maximum Gasteiger partial charge on any atom is 0.328 e. The van der Waals surface area contributed by atoms with Crippen LogP contribution in [-0.4, -0.2) is 43.0 Å². The number of carboxylic acids is 1. The largest absolute Gasteiger partial charge is 0.478 e. The van der Waals surface area contributed by atoms with Gasteiger partial charge in [0.05, 0.1) is 11.9 Å². The number of aromatic nitrogens is 3. The number of hydrogen-bond acceptors (Lipinski definition) is 5. The van der Waals surface area contributed by atoms with E-state index in [1.165, 1.54) is 24.5 Å². The number of nitrogens with zero attached hydrogens (tertiary/aromatic N) is 3. The van der Waals surface area contributed by atoms with Gasteiger partial charge in [0, 0.05) is 47.7 Å². The fraction of sp³-hybridized carbons (Fsp3) is 0.324. The second-order valence-electron chi connectivity index (χ2n) is 11.6. The Bertz CT molecular complexity index is 1700. The minimum atomic E-state index is -1.03. The number of carbonyl (C=O) groups is 3. The standard InChI is InChI=1S/C34H35N5O4/c1-39-28-20-24(11-14-26(28)30(23-6-2-3-7-23)31(39)27-21-35-18-19-36-27)32(42)38-34(16-4-5-17-34)33(43)37-25-12-8-22(9-13-25)10-15-29(40)41/h8-15,18-21,23H,2-7,16-17H2,1H3,(H,37,43)(H,38,42)(H,40,41)/b15-10+. The Morgan fingerprint density at radius 1 is 1.00 bits per heavy atom. The molecule has 43 heavy (non-hydrogen) atoms. The van der Waals surface area contributed by atoms with E-state index in [1.54, 1.807) is 42.9 Å². The van der Waals surface area contributed by atoms with Crippen molar-refractivity contribution in [3.8, 4) is 11.4 Å². The summed E-state index contributed by atoms with van der Waals surface area (Å²) in [6.45, 7) is 0. The van der Waals surface area contributed by atoms with Crippen LogP contribution in [0.1, 0.15) is 78.8 Å². The number of hydrogen-bond donors (Lipinski definition) is 3. The first-order valence-corrected chi connectivity index (χ1v) is 14.9. The Hall–Kier alpha value is -4.79. The molecule has 0 aliphatic heterocycles. The average molecular weight is 578 g/mol. The quantitative estimate of drug-likeness (QED) is 0.218. The molecule has 2 aromatic heterocycles. The Labute approximate surface area is 250 Å². The van der Waals surface area contributed by atoms with Gasteiger partial charge in [-0.3, -0.25) is 19.6 Å². The van der Waals surface area contributed by atoms with Crippen LogP contribution in [0.15, 0.2) is 67.1 Å². The topological polar surface area (TPSA) is 126 Å². The zero-order chi connectivity index (χ0) is 30.0. The van der Waals surface area contributed by atoms with E-state index in [9.17, 15) is 14.4 Å². The summed E-state index contributed by atoms with van der Waals surface area (Å²) in [6.07, 6.45) is 15.2. The van der Waals surface area contributed by atoms with Crippen LogP contribution < -0.4 is 10.6 Å². The fourth-order valence-electron chi connectivity index (χ4n) is 6.74. The molecule has 220 valence electrons. The van der Waals surface area contributed by atoms with Gasteiger partial charge < -0.3 is 20.3 Å². The van der Waals surface area contributed by atoms with Crippen LogP contribution >= 0.6 is 0 Å². The first kappa shape index (κ1) is 28.3. The Kier molecular flexibility index (Phi) is 7.80. The van der Waals surface area contributed by atoms with Gasteiger partial charge in [0.25, 0.3) is 5.91 Å². The molecular formula is C34H35N5O4. The minimum absolute atomic E-state index is 0.249. The lowest BCUT2D eigenvalue weighted by Crippen LogP contribution is -2.55. The van der Waals surface area contributed by atoms with Crippen molar-refractivity contribution >= 4 is 40.4 Å². The highest BCUT2D eigenvalue weighted by Gasteiger charge is 2.42. The molecule has 0 radical (unpaired) electrons. The van der Waals surface area contributed by atoms with Crippen molar-refractivity contribution in [2.75, 3.05) is 5.32 Å². The zero-order valence-electron chi connectivity index (χ0n) is 24.2. The maximum absolute atomic E-state index is 13.7. The van der Waals surface area contributed by atoms with E-state index in [1.807, 2.05) is 25.2 Å². The van der Waals surface area contributed by atoms with E-state index in [0.717, 1.165) is 54.1 Å². The number of fused-ring (bicyclic) bond motifs is 1. The van der Waals surface area contributed by atoms with E-state index >= 15 is 0 Å². The summed E-state index contributed by atoms with van der Waals surface area (Å²) in [4.78, 5) is 47.0. The molecule has 2 aromatic carbocycles. The van der Waals surface area contributed by atoms with E-state index in [0.29, 0.717) is 35.6 Å². The summed E-state index contributed by atoms with van der Waals surface area (Å²) in [7, 11) is 2.02. The van der Waals surface area contributed by atoms with Gasteiger partial charge in [-0.15, -0.1) is 0 Å². The van der Waals surface area contributed by atoms with Crippen LogP contribution in [0.3, 0.4) is 0 Å². The first-order chi connectivity index (χ1) is 20.8. The highest BCUT2D eigenvalue weighted by atomic mass is 16.4. The van der Waals surface area contributed by atoms with E-state index in [2.05, 4.69) is 25.2 Å². The molecule has 3 N–H and O–H groups in total. The Balaban J connectivity index is 1.27. The summed E-state index contributed by atoms with van der Waals surface area (Å²) in [5, 5.41) is 16.0. The highest BCUT2D eigenvalue weighted by Crippen LogP contribution is 2.44. The predicted molar refractivity (Wildman–Crippen MR) is 166 cm³/mol. The van der Waals surface area contributed by atoms with E-state index in [4.69, 9.17) is 5.11 Å². The molecular weight excluding hydrogens is 542 g/mol. The number of anilines is 1. The molecule has 0 spiro atoms. The van der Waals surface area contributed by atoms with E-state index in [-0.39, 0.29) is 11.8 Å². The second kappa shape index (κ2) is 11.8. The number of benzene rings is 2. The molecule has 0 saturated heterocycles. The van der Waals surface area contributed by atoms with Crippen molar-refractivity contribution in [1.29, 1.82) is 0 Å². The summed E-state index contributed by atoms with van der Waals surface area (Å²) in [6, 6.07) is 12.7. The zero-order valence-corrected chi connectivity index (χ0v) is 24.2. The first-order valence-electron chi connectivity index (χ1n) is 14.9. The third-order valence-electron chi connectivity index (χ3n) is 8.90. The van der Waals surface area contributed by atoms with Crippen LogP contribution in [0.5, 0.6) is 0 Å². The normalized spacial score (nSPS) is 16.6. The highest BCUT2D eigenvalue weighted by molar-refractivity contribution is 6.05. The lowest BCUT2D eigenvalue weighted by atomic mass is 9.92. The van der Waals surface area contributed by atoms with Crippen LogP contribution in [-0.2, 0) is 16.6 Å². The summed E-state index contributed by atoms with van der Waals surface area (Å²) < 4.78 is 2.12. The SMILES string of the molecule is Cn1c(-c2cnccn2)c(C2CCCC2)c2ccc(C(=O)NC3(C(=O)Nc4ccc(/C=C/C(=O)O)cc4)CCCC3)cc21. The number of aliphatic carboxylic acids is 1. The van der Waals surface area contributed by atoms with Gasteiger partial charge in [-0.1, -0.05) is 43.9 Å². The van der Waals surface area contributed by atoms with Gasteiger partial charge in [0.1, 0.15) is 11.2 Å². The third kappa shape index (κ3) is 5.67. The number of rotatable bonds is 8. The molecule has 2 aliphatic carbocycles. The van der Waals surface area contributed by atoms with Crippen LogP contribution in [0.2, 0.25) is 0 Å². The molecule has 2 saturated carbocycles. The van der Waals surface area contributed by atoms with Crippen molar-refractivity contribution in [1.82, 2.24) is 19.9 Å². The molecule has 0 bridgehead atoms. The van der Waals surface area contributed by atoms with Gasteiger partial charge >= 0.3 is 5.97 Å². The molecule has 6 rings (SSSR count). The number of carboxylic acid groups (broad SMARTS) is 1. The van der Waals surface area contributed by atoms with Gasteiger partial charge in [-0.25, -0.2) is 4.79 Å². The fourth-order valence-corrected chi connectivity index (χ4v) is 6.74. The number of carbonyl (C=O) groups excluding carboxylic acids is 2. The molecule has 0 unspecified atom stereocenters. The maximum atomic E-state index is 13.7. The molecule has 2 heterocycles. The van der Waals surface area contributed by atoms with Crippen molar-refractivity contribution in [2.24, 2.45) is 7.05 Å². The predicted octanol–water partition coefficient (Wildman–Crippen LogP) is 6.07. The number of aryl methyl sites for hydroxylation is 1. The van der Waals surface area contributed by atoms with Crippen molar-refractivity contribution in [3.05, 3.63) is 83.8 Å². The number of amides is 2. The van der Waals surface area contributed by atoms with Crippen LogP contribution in [0, 0.1) is 0 Å². The molecule has 2 aliphatic rings. The monoisotopic (exact) mass is 577 g/mol. The smallest absolute Gasteiger partial charge is 0.328 e. The second-order valence-corrected chi connectivity index (χ2v) is 11.6. The summed E-state index contributed by atoms with van der Waals surface area (Å²) in [5.74, 6) is -1.12. The lowest BCUT2D eigenvalue weighted by Gasteiger charge is -2.29. The van der Waals surface area contributed by atoms with Gasteiger partial charge in [-0.05, 0) is 73.1 Å². The van der Waals surface area contributed by atoms with E-state index < -0.39 is 11.5 Å². The minimum Gasteiger partial charge on any atom is -0.478 e. The third-order valence-corrected chi connectivity index (χ3v) is 8.90. The summed E-state index contributed by atoms with van der Waals surface area (Å²) in [5.41, 5.74) is 4.88. The van der Waals surface area contributed by atoms with Crippen LogP contribution in [0.25, 0.3) is 28.4 Å². The van der Waals surface area contributed by atoms with Crippen molar-refractivity contribution in [2.45, 2.75) is 62.8 Å². The molecule has 9 heteroatoms. The molecule has 2 fully saturated rings. The molecule has 9 nitrogen and oxygen atoms in total. The summed E-state index contributed by atoms with van der Waals surface area (Å²) >= 11 is 0. The van der Waals surface area contributed by atoms with Gasteiger partial charge in [0.2, 0.25) is 5.91 Å².